The molecule has 0 aliphatic carbocycles. The van der Waals surface area contributed by atoms with E-state index in [4.69, 9.17) is 16.3 Å². The number of ether oxygens (including phenoxy) is 1. The molecule has 1 unspecified atom stereocenters. The number of benzene rings is 1. The summed E-state index contributed by atoms with van der Waals surface area (Å²) in [5.41, 5.74) is 0. The van der Waals surface area contributed by atoms with Gasteiger partial charge in [-0.15, -0.1) is 11.8 Å². The lowest BCUT2D eigenvalue weighted by molar-refractivity contribution is 0.129. The van der Waals surface area contributed by atoms with Gasteiger partial charge in [0, 0.05) is 23.3 Å². The summed E-state index contributed by atoms with van der Waals surface area (Å²) in [4.78, 5) is 1.13. The number of rotatable bonds is 8. The van der Waals surface area contributed by atoms with E-state index in [9.17, 15) is 0 Å². The average Bonchev–Trinajstić information content (AvgIpc) is 2.34. The van der Waals surface area contributed by atoms with Crippen LogP contribution in [0.25, 0.3) is 0 Å². The van der Waals surface area contributed by atoms with Crippen molar-refractivity contribution in [1.29, 1.82) is 0 Å². The molecule has 4 heteroatoms. The molecule has 1 atom stereocenters. The maximum atomic E-state index is 6.12. The summed E-state index contributed by atoms with van der Waals surface area (Å²) < 4.78 is 5.46. The van der Waals surface area contributed by atoms with E-state index in [1.807, 2.05) is 25.1 Å². The van der Waals surface area contributed by atoms with Gasteiger partial charge in [0.15, 0.2) is 0 Å². The molecule has 0 radical (unpaired) electrons. The van der Waals surface area contributed by atoms with Gasteiger partial charge in [-0.25, -0.2) is 0 Å². The Hall–Kier alpha value is -0.220. The lowest BCUT2D eigenvalue weighted by Crippen LogP contribution is -2.35. The van der Waals surface area contributed by atoms with E-state index in [1.165, 1.54) is 0 Å². The zero-order valence-corrected chi connectivity index (χ0v) is 12.0. The summed E-state index contributed by atoms with van der Waals surface area (Å²) in [5, 5.41) is 4.24. The summed E-state index contributed by atoms with van der Waals surface area (Å²) in [6.45, 7) is 6.60. The topological polar surface area (TPSA) is 21.3 Å². The van der Waals surface area contributed by atoms with Crippen molar-refractivity contribution in [2.75, 3.05) is 25.5 Å². The van der Waals surface area contributed by atoms with Crippen molar-refractivity contribution in [2.45, 2.75) is 24.8 Å². The van der Waals surface area contributed by atoms with Crippen LogP contribution in [0.3, 0.4) is 0 Å². The number of nitrogens with one attached hydrogen (secondary N) is 1. The van der Waals surface area contributed by atoms with Crippen molar-refractivity contribution >= 4 is 23.4 Å². The predicted molar refractivity (Wildman–Crippen MR) is 76.1 cm³/mol. The Bertz CT molecular complexity index is 322. The Morgan fingerprint density at radius 2 is 2.12 bits per heavy atom. The van der Waals surface area contributed by atoms with Crippen molar-refractivity contribution in [2.24, 2.45) is 0 Å². The molecule has 0 bridgehead atoms. The second-order valence-electron chi connectivity index (χ2n) is 3.66. The molecule has 0 saturated heterocycles. The van der Waals surface area contributed by atoms with E-state index in [0.29, 0.717) is 6.04 Å². The van der Waals surface area contributed by atoms with Gasteiger partial charge in [-0.1, -0.05) is 30.7 Å². The fourth-order valence-electron chi connectivity index (χ4n) is 1.47. The van der Waals surface area contributed by atoms with Crippen LogP contribution in [0.2, 0.25) is 5.02 Å². The molecule has 0 spiro atoms. The number of thioether (sulfide) groups is 1. The Morgan fingerprint density at radius 3 is 2.76 bits per heavy atom. The first-order valence-corrected chi connectivity index (χ1v) is 7.32. The van der Waals surface area contributed by atoms with Gasteiger partial charge in [-0.2, -0.15) is 0 Å². The molecule has 96 valence electrons. The molecule has 0 amide bonds. The maximum Gasteiger partial charge on any atom is 0.0627 e. The lowest BCUT2D eigenvalue weighted by atomic mass is 10.3. The molecule has 0 aliphatic heterocycles. The molecule has 0 aromatic heterocycles. The van der Waals surface area contributed by atoms with Gasteiger partial charge in [-0.05, 0) is 25.6 Å². The van der Waals surface area contributed by atoms with Gasteiger partial charge in [0.25, 0.3) is 0 Å². The molecule has 0 fully saturated rings. The zero-order valence-electron chi connectivity index (χ0n) is 10.4. The zero-order chi connectivity index (χ0) is 12.5. The minimum Gasteiger partial charge on any atom is -0.380 e. The largest absolute Gasteiger partial charge is 0.380 e. The average molecular weight is 274 g/mol. The highest BCUT2D eigenvalue weighted by molar-refractivity contribution is 7.99. The molecular formula is C13H20ClNOS. The first kappa shape index (κ1) is 14.8. The summed E-state index contributed by atoms with van der Waals surface area (Å²) >= 11 is 7.89. The first-order valence-electron chi connectivity index (χ1n) is 5.96. The summed E-state index contributed by atoms with van der Waals surface area (Å²) in [7, 11) is 0. The van der Waals surface area contributed by atoms with Crippen LogP contribution in [0.1, 0.15) is 13.8 Å². The van der Waals surface area contributed by atoms with Crippen LogP contribution in [0.5, 0.6) is 0 Å². The second kappa shape index (κ2) is 8.81. The summed E-state index contributed by atoms with van der Waals surface area (Å²) in [6.07, 6.45) is 0. The third kappa shape index (κ3) is 5.77. The van der Waals surface area contributed by atoms with Gasteiger partial charge in [-0.3, -0.25) is 0 Å². The van der Waals surface area contributed by atoms with Crippen LogP contribution in [-0.4, -0.2) is 31.6 Å². The van der Waals surface area contributed by atoms with E-state index in [-0.39, 0.29) is 0 Å². The number of hydrogen-bond acceptors (Lipinski definition) is 3. The van der Waals surface area contributed by atoms with Gasteiger partial charge in [0.1, 0.15) is 0 Å². The highest BCUT2D eigenvalue weighted by Gasteiger charge is 2.09. The van der Waals surface area contributed by atoms with E-state index in [0.717, 1.165) is 35.4 Å². The van der Waals surface area contributed by atoms with Gasteiger partial charge < -0.3 is 10.1 Å². The van der Waals surface area contributed by atoms with Crippen LogP contribution in [0, 0.1) is 0 Å². The fourth-order valence-corrected chi connectivity index (χ4v) is 2.74. The van der Waals surface area contributed by atoms with Gasteiger partial charge >= 0.3 is 0 Å². The highest BCUT2D eigenvalue weighted by atomic mass is 35.5. The summed E-state index contributed by atoms with van der Waals surface area (Å²) in [5.74, 6) is 0.970. The van der Waals surface area contributed by atoms with Crippen LogP contribution in [0.4, 0.5) is 0 Å². The van der Waals surface area contributed by atoms with Crippen LogP contribution < -0.4 is 5.32 Å². The number of halogens is 1. The normalized spacial score (nSPS) is 12.6. The highest BCUT2D eigenvalue weighted by Crippen LogP contribution is 2.26. The summed E-state index contributed by atoms with van der Waals surface area (Å²) in [6, 6.07) is 8.32. The molecule has 17 heavy (non-hydrogen) atoms. The Kier molecular flexibility index (Phi) is 7.69. The third-order valence-corrected chi connectivity index (χ3v) is 3.97. The lowest BCUT2D eigenvalue weighted by Gasteiger charge is -2.17. The fraction of sp³-hybridized carbons (Fsp3) is 0.538. The number of likely N-dealkylation sites (N-methyl/N-ethyl adjacent to an activating group) is 1. The Morgan fingerprint density at radius 1 is 1.35 bits per heavy atom. The standard InChI is InChI=1S/C13H20ClNOS/c1-3-15-11(9-16-4-2)10-17-13-8-6-5-7-12(13)14/h5-8,11,15H,3-4,9-10H2,1-2H3. The van der Waals surface area contributed by atoms with E-state index in [1.54, 1.807) is 11.8 Å². The van der Waals surface area contributed by atoms with Crippen LogP contribution in [-0.2, 0) is 4.74 Å². The molecule has 0 heterocycles. The molecule has 2 nitrogen and oxygen atoms in total. The molecule has 1 rings (SSSR count). The Labute approximate surface area is 113 Å². The molecule has 0 saturated carbocycles. The first-order chi connectivity index (χ1) is 8.27. The Balaban J connectivity index is 2.42. The van der Waals surface area contributed by atoms with Crippen LogP contribution in [0.15, 0.2) is 29.2 Å². The van der Waals surface area contributed by atoms with Gasteiger partial charge in [0.2, 0.25) is 0 Å². The third-order valence-electron chi connectivity index (χ3n) is 2.29. The maximum absolute atomic E-state index is 6.12. The quantitative estimate of drug-likeness (QED) is 0.733. The molecule has 1 aromatic carbocycles. The van der Waals surface area contributed by atoms with Gasteiger partial charge in [0.05, 0.1) is 11.6 Å². The van der Waals surface area contributed by atoms with Crippen molar-refractivity contribution in [1.82, 2.24) is 5.32 Å². The van der Waals surface area contributed by atoms with E-state index in [2.05, 4.69) is 18.3 Å². The van der Waals surface area contributed by atoms with E-state index < -0.39 is 0 Å². The van der Waals surface area contributed by atoms with Crippen molar-refractivity contribution in [3.8, 4) is 0 Å². The second-order valence-corrected chi connectivity index (χ2v) is 5.12. The smallest absolute Gasteiger partial charge is 0.0627 e. The monoisotopic (exact) mass is 273 g/mol. The molecular weight excluding hydrogens is 254 g/mol. The van der Waals surface area contributed by atoms with Crippen molar-refractivity contribution < 1.29 is 4.74 Å². The predicted octanol–water partition coefficient (Wildman–Crippen LogP) is 3.45. The molecule has 1 N–H and O–H groups in total. The minimum absolute atomic E-state index is 0.376. The molecule has 0 aliphatic rings. The van der Waals surface area contributed by atoms with Crippen molar-refractivity contribution in [3.63, 3.8) is 0 Å². The molecule has 1 aromatic rings. The minimum atomic E-state index is 0.376. The van der Waals surface area contributed by atoms with E-state index >= 15 is 0 Å². The van der Waals surface area contributed by atoms with Crippen molar-refractivity contribution in [3.05, 3.63) is 29.3 Å². The number of hydrogen-bond donors (Lipinski definition) is 1. The SMILES string of the molecule is CCNC(COCC)CSc1ccccc1Cl. The van der Waals surface area contributed by atoms with Crippen LogP contribution >= 0.6 is 23.4 Å².